The molecular formula is C22H30O2S2. The van der Waals surface area contributed by atoms with E-state index in [1.807, 2.05) is 19.9 Å². The molecule has 4 heteroatoms. The van der Waals surface area contributed by atoms with E-state index < -0.39 is 0 Å². The number of hydrogen-bond donors (Lipinski definition) is 0. The maximum Gasteiger partial charge on any atom is 0.309 e. The summed E-state index contributed by atoms with van der Waals surface area (Å²) >= 11 is 4.18. The van der Waals surface area contributed by atoms with E-state index in [-0.39, 0.29) is 18.0 Å². The number of fused-ring (bicyclic) bond motifs is 2. The molecule has 7 atom stereocenters. The van der Waals surface area contributed by atoms with Crippen LogP contribution in [0.25, 0.3) is 0 Å². The number of hydrogen-bond acceptors (Lipinski definition) is 4. The molecule has 1 aromatic rings. The Morgan fingerprint density at radius 1 is 0.923 bits per heavy atom. The highest BCUT2D eigenvalue weighted by atomic mass is 32.2. The van der Waals surface area contributed by atoms with Crippen molar-refractivity contribution in [3.8, 4) is 0 Å². The highest BCUT2D eigenvalue weighted by Crippen LogP contribution is 2.56. The van der Waals surface area contributed by atoms with Gasteiger partial charge in [0.15, 0.2) is 0 Å². The van der Waals surface area contributed by atoms with Gasteiger partial charge in [0.2, 0.25) is 0 Å². The molecule has 0 radical (unpaired) electrons. The van der Waals surface area contributed by atoms with Crippen LogP contribution in [0.1, 0.15) is 64.0 Å². The molecule has 0 amide bonds. The first-order chi connectivity index (χ1) is 12.8. The lowest BCUT2D eigenvalue weighted by atomic mass is 9.82. The van der Waals surface area contributed by atoms with Gasteiger partial charge in [-0.15, -0.1) is 0 Å². The van der Waals surface area contributed by atoms with Gasteiger partial charge in [-0.1, -0.05) is 44.2 Å². The van der Waals surface area contributed by atoms with Crippen molar-refractivity contribution in [1.82, 2.24) is 0 Å². The van der Waals surface area contributed by atoms with Gasteiger partial charge in [0.1, 0.15) is 6.10 Å². The van der Waals surface area contributed by atoms with Crippen LogP contribution in [0.3, 0.4) is 0 Å². The summed E-state index contributed by atoms with van der Waals surface area (Å²) < 4.78 is 6.19. The number of rotatable bonds is 4. The lowest BCUT2D eigenvalue weighted by Crippen LogP contribution is -2.29. The Morgan fingerprint density at radius 3 is 2.23 bits per heavy atom. The van der Waals surface area contributed by atoms with Crippen molar-refractivity contribution < 1.29 is 9.53 Å². The first-order valence-corrected chi connectivity index (χ1v) is 12.2. The van der Waals surface area contributed by atoms with Crippen LogP contribution in [0.15, 0.2) is 30.3 Å². The van der Waals surface area contributed by atoms with E-state index in [0.717, 1.165) is 33.8 Å². The van der Waals surface area contributed by atoms with Crippen molar-refractivity contribution >= 4 is 29.5 Å². The van der Waals surface area contributed by atoms with Gasteiger partial charge in [-0.2, -0.15) is 23.5 Å². The second-order valence-corrected chi connectivity index (χ2v) is 10.7. The third-order valence-corrected chi connectivity index (χ3v) is 9.12. The fourth-order valence-electron chi connectivity index (χ4n) is 4.63. The van der Waals surface area contributed by atoms with E-state index in [4.69, 9.17) is 4.74 Å². The standard InChI is InChI=1S/C20H24O2S2.C2H6/c21-20(14-7-9-16-18(11-14)24-16)22-19(12-4-2-1-3-5-12)13-6-8-15-17(10-13)23-15;1-2/h1-5,13-19H,6-11H2;1-2H3. The summed E-state index contributed by atoms with van der Waals surface area (Å²) in [4.78, 5) is 12.8. The Labute approximate surface area is 166 Å². The summed E-state index contributed by atoms with van der Waals surface area (Å²) in [5, 5.41) is 3.31. The average molecular weight is 391 g/mol. The van der Waals surface area contributed by atoms with Gasteiger partial charge in [-0.05, 0) is 44.1 Å². The fraction of sp³-hybridized carbons (Fsp3) is 0.682. The molecule has 1 aromatic carbocycles. The summed E-state index contributed by atoms with van der Waals surface area (Å²) in [5.74, 6) is 0.707. The minimum Gasteiger partial charge on any atom is -0.457 e. The van der Waals surface area contributed by atoms with Crippen LogP contribution < -0.4 is 0 Å². The summed E-state index contributed by atoms with van der Waals surface area (Å²) in [7, 11) is 0. The van der Waals surface area contributed by atoms with Crippen LogP contribution in [0.5, 0.6) is 0 Å². The molecule has 4 fully saturated rings. The number of thioether (sulfide) groups is 2. The molecule has 2 aliphatic carbocycles. The molecule has 0 spiro atoms. The largest absolute Gasteiger partial charge is 0.457 e. The molecule has 7 unspecified atom stereocenters. The van der Waals surface area contributed by atoms with Gasteiger partial charge < -0.3 is 4.74 Å². The number of carbonyl (C=O) groups is 1. The molecule has 2 aliphatic heterocycles. The first-order valence-electron chi connectivity index (χ1n) is 10.3. The molecule has 2 heterocycles. The van der Waals surface area contributed by atoms with E-state index in [1.54, 1.807) is 0 Å². The number of ether oxygens (including phenoxy) is 1. The van der Waals surface area contributed by atoms with Crippen LogP contribution >= 0.6 is 23.5 Å². The molecule has 4 aliphatic rings. The van der Waals surface area contributed by atoms with Gasteiger partial charge in [-0.3, -0.25) is 4.79 Å². The summed E-state index contributed by atoms with van der Waals surface area (Å²) in [6.45, 7) is 4.00. The van der Waals surface area contributed by atoms with Crippen LogP contribution in [-0.2, 0) is 9.53 Å². The second-order valence-electron chi connectivity index (χ2n) is 7.78. The Morgan fingerprint density at radius 2 is 1.58 bits per heavy atom. The Kier molecular flexibility index (Phi) is 5.90. The predicted molar refractivity (Wildman–Crippen MR) is 112 cm³/mol. The minimum atomic E-state index is -0.0366. The number of esters is 1. The zero-order chi connectivity index (χ0) is 18.1. The van der Waals surface area contributed by atoms with Crippen molar-refractivity contribution in [3.05, 3.63) is 35.9 Å². The van der Waals surface area contributed by atoms with Gasteiger partial charge in [0, 0.05) is 26.9 Å². The third kappa shape index (κ3) is 4.11. The maximum absolute atomic E-state index is 12.8. The number of carbonyl (C=O) groups excluding carboxylic acids is 1. The lowest BCUT2D eigenvalue weighted by molar-refractivity contribution is -0.159. The molecule has 2 nitrogen and oxygen atoms in total. The van der Waals surface area contributed by atoms with Crippen LogP contribution in [0.2, 0.25) is 0 Å². The van der Waals surface area contributed by atoms with Crippen LogP contribution in [0.4, 0.5) is 0 Å². The number of benzene rings is 1. The summed E-state index contributed by atoms with van der Waals surface area (Å²) in [6, 6.07) is 10.5. The monoisotopic (exact) mass is 390 g/mol. The SMILES string of the molecule is CC.O=C(OC(c1ccccc1)C1CCC2SC2C1)C1CCC2SC2C1. The highest BCUT2D eigenvalue weighted by molar-refractivity contribution is 8.07. The van der Waals surface area contributed by atoms with Gasteiger partial charge in [0.05, 0.1) is 5.92 Å². The molecule has 5 rings (SSSR count). The van der Waals surface area contributed by atoms with Crippen molar-refractivity contribution in [2.75, 3.05) is 0 Å². The highest BCUT2D eigenvalue weighted by Gasteiger charge is 2.48. The lowest BCUT2D eigenvalue weighted by Gasteiger charge is -2.31. The average Bonchev–Trinajstić information content (AvgIpc) is 3.61. The molecule has 26 heavy (non-hydrogen) atoms. The molecule has 0 N–H and O–H groups in total. The molecule has 2 saturated heterocycles. The Balaban J connectivity index is 0.000000814. The zero-order valence-corrected chi connectivity index (χ0v) is 17.4. The smallest absolute Gasteiger partial charge is 0.309 e. The van der Waals surface area contributed by atoms with Gasteiger partial charge in [0.25, 0.3) is 0 Å². The fourth-order valence-corrected chi connectivity index (χ4v) is 7.09. The quantitative estimate of drug-likeness (QED) is 0.475. The van der Waals surface area contributed by atoms with Gasteiger partial charge in [-0.25, -0.2) is 0 Å². The second kappa shape index (κ2) is 8.18. The summed E-state index contributed by atoms with van der Waals surface area (Å²) in [6.07, 6.45) is 6.95. The topological polar surface area (TPSA) is 26.3 Å². The Hall–Kier alpha value is -0.610. The first kappa shape index (κ1) is 18.7. The van der Waals surface area contributed by atoms with Crippen molar-refractivity contribution in [2.45, 2.75) is 79.5 Å². The zero-order valence-electron chi connectivity index (χ0n) is 15.8. The maximum atomic E-state index is 12.8. The van der Waals surface area contributed by atoms with E-state index in [0.29, 0.717) is 5.92 Å². The Bertz CT molecular complexity index is 620. The van der Waals surface area contributed by atoms with E-state index in [2.05, 4.69) is 47.8 Å². The van der Waals surface area contributed by atoms with E-state index in [9.17, 15) is 4.79 Å². The van der Waals surface area contributed by atoms with Gasteiger partial charge >= 0.3 is 5.97 Å². The van der Waals surface area contributed by atoms with Crippen molar-refractivity contribution in [2.24, 2.45) is 11.8 Å². The third-order valence-electron chi connectivity index (χ3n) is 6.18. The van der Waals surface area contributed by atoms with Crippen LogP contribution in [0, 0.1) is 11.8 Å². The minimum absolute atomic E-state index is 0.0366. The molecule has 2 saturated carbocycles. The molecule has 142 valence electrons. The van der Waals surface area contributed by atoms with Crippen molar-refractivity contribution in [3.63, 3.8) is 0 Å². The van der Waals surface area contributed by atoms with Crippen LogP contribution in [-0.4, -0.2) is 27.0 Å². The predicted octanol–water partition coefficient (Wildman–Crippen LogP) is 5.87. The normalized spacial score (nSPS) is 37.9. The molecule has 0 aromatic heterocycles. The summed E-state index contributed by atoms with van der Waals surface area (Å²) in [5.41, 5.74) is 1.19. The molecular weight excluding hydrogens is 360 g/mol. The molecule has 0 bridgehead atoms. The van der Waals surface area contributed by atoms with E-state index >= 15 is 0 Å². The van der Waals surface area contributed by atoms with E-state index in [1.165, 1.54) is 31.2 Å². The van der Waals surface area contributed by atoms with Crippen molar-refractivity contribution in [1.29, 1.82) is 0 Å².